The third kappa shape index (κ3) is 9.40. The molecule has 13 aromatic rings. The topological polar surface area (TPSA) is 66.7 Å². The van der Waals surface area contributed by atoms with E-state index >= 15 is 0 Å². The van der Waals surface area contributed by atoms with Crippen molar-refractivity contribution in [2.24, 2.45) is 0 Å². The van der Waals surface area contributed by atoms with Gasteiger partial charge >= 0.3 is 0 Å². The Labute approximate surface area is 522 Å². The van der Waals surface area contributed by atoms with E-state index in [4.69, 9.17) is 18.8 Å². The molecule has 0 saturated heterocycles. The minimum absolute atomic E-state index is 0.0302. The van der Waals surface area contributed by atoms with Gasteiger partial charge in [0.2, 0.25) is 11.4 Å². The molecule has 2 aliphatic rings. The second kappa shape index (κ2) is 20.2. The molecule has 8 heteroatoms. The summed E-state index contributed by atoms with van der Waals surface area (Å²) in [5, 5.41) is 6.21. The first-order chi connectivity index (χ1) is 42.5. The standard InChI is InChI=1S/C81H76N6O2/c1-49-74-66(64-36-38-72(82-76(64)88-74)84(54-24-16-14-17-25-54)56-32-34-62-60-28-20-22-30-68(60)86(70(62)46-56)58-42-50(78(2,3)4)40-51(43-58)79(5,6)7)48-67-65-37-39-73(83-77(65)89-75(49)67)85(55-26-18-15-19-27-55)57-33-35-63-61-29-21-23-31-69(61)87(71(63)47-57)59-44-52(80(8,9)10)41-53(45-59)81(11,12)13/h14-48,60,68H,1-13H3. The van der Waals surface area contributed by atoms with Gasteiger partial charge in [0.1, 0.15) is 22.8 Å². The second-order valence-corrected chi connectivity index (χ2v) is 28.8. The third-order valence-corrected chi connectivity index (χ3v) is 18.7. The lowest BCUT2D eigenvalue weighted by Crippen LogP contribution is -2.29. The molecule has 89 heavy (non-hydrogen) atoms. The number of hydrogen-bond acceptors (Lipinski definition) is 7. The Morgan fingerprint density at radius 1 is 0.393 bits per heavy atom. The van der Waals surface area contributed by atoms with E-state index in [0.717, 1.165) is 83.9 Å². The molecule has 0 radical (unpaired) electrons. The number of anilines is 8. The van der Waals surface area contributed by atoms with Gasteiger partial charge in [0.15, 0.2) is 0 Å². The van der Waals surface area contributed by atoms with E-state index in [1.165, 1.54) is 55.5 Å². The van der Waals surface area contributed by atoms with Crippen LogP contribution in [0.15, 0.2) is 221 Å². The lowest BCUT2D eigenvalue weighted by molar-refractivity contribution is 0.567. The highest BCUT2D eigenvalue weighted by Crippen LogP contribution is 2.52. The molecule has 6 heterocycles. The molecule has 2 unspecified atom stereocenters. The Morgan fingerprint density at radius 2 is 0.854 bits per heavy atom. The maximum Gasteiger partial charge on any atom is 0.229 e. The molecule has 1 aliphatic carbocycles. The maximum atomic E-state index is 6.91. The predicted octanol–water partition coefficient (Wildman–Crippen LogP) is 22.5. The number of aromatic nitrogens is 3. The van der Waals surface area contributed by atoms with Crippen molar-refractivity contribution in [1.82, 2.24) is 14.5 Å². The molecule has 0 spiro atoms. The van der Waals surface area contributed by atoms with E-state index in [1.54, 1.807) is 0 Å². The van der Waals surface area contributed by atoms with Crippen LogP contribution in [-0.4, -0.2) is 20.6 Å². The molecule has 2 atom stereocenters. The highest BCUT2D eigenvalue weighted by Gasteiger charge is 2.39. The zero-order valence-electron chi connectivity index (χ0n) is 53.4. The van der Waals surface area contributed by atoms with Crippen LogP contribution in [0.2, 0.25) is 0 Å². The number of nitrogens with zero attached hydrogens (tertiary/aromatic N) is 6. The van der Waals surface area contributed by atoms with E-state index in [1.807, 2.05) is 0 Å². The van der Waals surface area contributed by atoms with Crippen LogP contribution in [0.5, 0.6) is 0 Å². The molecule has 0 N–H and O–H groups in total. The third-order valence-electron chi connectivity index (χ3n) is 18.7. The van der Waals surface area contributed by atoms with Gasteiger partial charge < -0.3 is 18.3 Å². The van der Waals surface area contributed by atoms with Crippen molar-refractivity contribution in [3.8, 4) is 5.69 Å². The summed E-state index contributed by atoms with van der Waals surface area (Å²) < 4.78 is 16.3. The van der Waals surface area contributed by atoms with Crippen molar-refractivity contribution in [2.75, 3.05) is 14.7 Å². The lowest BCUT2D eigenvalue weighted by atomic mass is 9.80. The van der Waals surface area contributed by atoms with Crippen LogP contribution in [-0.2, 0) is 21.7 Å². The summed E-state index contributed by atoms with van der Waals surface area (Å²) in [4.78, 5) is 17.9. The number of allylic oxidation sites excluding steroid dienone is 2. The van der Waals surface area contributed by atoms with Crippen LogP contribution >= 0.6 is 0 Å². The number of aryl methyl sites for hydroxylation is 1. The number of fused-ring (bicyclic) bond motifs is 12. The van der Waals surface area contributed by atoms with Crippen LogP contribution in [0, 0.1) is 6.92 Å². The fourth-order valence-corrected chi connectivity index (χ4v) is 13.7. The predicted molar refractivity (Wildman–Crippen MR) is 373 cm³/mol. The van der Waals surface area contributed by atoms with E-state index in [9.17, 15) is 0 Å². The molecule has 8 aromatic carbocycles. The Morgan fingerprint density at radius 3 is 1.39 bits per heavy atom. The second-order valence-electron chi connectivity index (χ2n) is 28.8. The van der Waals surface area contributed by atoms with Crippen molar-refractivity contribution in [1.29, 1.82) is 0 Å². The molecule has 0 bridgehead atoms. The highest BCUT2D eigenvalue weighted by atomic mass is 16.4. The molecule has 15 rings (SSSR count). The molecule has 1 aliphatic heterocycles. The summed E-state index contributed by atoms with van der Waals surface area (Å²) in [6, 6.07) is 68.9. The van der Waals surface area contributed by atoms with Gasteiger partial charge in [-0.05, 0) is 166 Å². The zero-order valence-corrected chi connectivity index (χ0v) is 53.4. The average molecular weight is 1170 g/mol. The molecule has 0 amide bonds. The first-order valence-electron chi connectivity index (χ1n) is 31.5. The minimum atomic E-state index is -0.0453. The summed E-state index contributed by atoms with van der Waals surface area (Å²) in [5.41, 5.74) is 19.8. The van der Waals surface area contributed by atoms with Gasteiger partial charge in [0.25, 0.3) is 0 Å². The summed E-state index contributed by atoms with van der Waals surface area (Å²) in [5.74, 6) is 1.71. The summed E-state index contributed by atoms with van der Waals surface area (Å²) in [7, 11) is 0. The van der Waals surface area contributed by atoms with Crippen molar-refractivity contribution in [2.45, 2.75) is 124 Å². The molecule has 5 aromatic heterocycles. The minimum Gasteiger partial charge on any atom is -0.437 e. The van der Waals surface area contributed by atoms with E-state index in [2.05, 4.69) is 322 Å². The zero-order chi connectivity index (χ0) is 61.6. The fourth-order valence-electron chi connectivity index (χ4n) is 13.7. The molecule has 0 saturated carbocycles. The van der Waals surface area contributed by atoms with Crippen LogP contribution in [0.1, 0.15) is 122 Å². The molecule has 442 valence electrons. The number of benzene rings is 8. The van der Waals surface area contributed by atoms with Gasteiger partial charge in [-0.15, -0.1) is 0 Å². The summed E-state index contributed by atoms with van der Waals surface area (Å²) in [6.07, 6.45) is 9.13. The average Bonchev–Trinajstić information content (AvgIpc) is 1.80. The smallest absolute Gasteiger partial charge is 0.229 e. The number of para-hydroxylation sites is 3. The summed E-state index contributed by atoms with van der Waals surface area (Å²) in [6.45, 7) is 29.8. The van der Waals surface area contributed by atoms with Gasteiger partial charge in [-0.1, -0.05) is 186 Å². The Kier molecular flexibility index (Phi) is 12.7. The van der Waals surface area contributed by atoms with Gasteiger partial charge in [-0.2, -0.15) is 9.97 Å². The van der Waals surface area contributed by atoms with E-state index in [-0.39, 0.29) is 33.6 Å². The number of pyridine rings is 2. The molecular formula is C81H76N6O2. The fraction of sp³-hybridized carbons (Fsp3) is 0.235. The molecule has 8 nitrogen and oxygen atoms in total. The van der Waals surface area contributed by atoms with Gasteiger partial charge in [0.05, 0.1) is 17.1 Å². The number of hydrogen-bond donors (Lipinski definition) is 0. The largest absolute Gasteiger partial charge is 0.437 e. The first-order valence-corrected chi connectivity index (χ1v) is 31.5. The van der Waals surface area contributed by atoms with Gasteiger partial charge in [-0.25, -0.2) is 0 Å². The highest BCUT2D eigenvalue weighted by molar-refractivity contribution is 6.16. The van der Waals surface area contributed by atoms with Crippen molar-refractivity contribution in [3.63, 3.8) is 0 Å². The summed E-state index contributed by atoms with van der Waals surface area (Å²) >= 11 is 0. The van der Waals surface area contributed by atoms with E-state index in [0.29, 0.717) is 11.4 Å². The van der Waals surface area contributed by atoms with Crippen molar-refractivity contribution >= 4 is 112 Å². The van der Waals surface area contributed by atoms with Crippen molar-refractivity contribution < 1.29 is 8.83 Å². The number of furan rings is 2. The maximum absolute atomic E-state index is 6.91. The lowest BCUT2D eigenvalue weighted by Gasteiger charge is -2.33. The normalized spacial score (nSPS) is 15.4. The monoisotopic (exact) mass is 1160 g/mol. The molecular weight excluding hydrogens is 1090 g/mol. The Balaban J connectivity index is 0.829. The van der Waals surface area contributed by atoms with Gasteiger partial charge in [0, 0.05) is 83.6 Å². The number of rotatable bonds is 8. The van der Waals surface area contributed by atoms with Gasteiger partial charge in [-0.3, -0.25) is 9.80 Å². The van der Waals surface area contributed by atoms with Crippen molar-refractivity contribution in [3.05, 3.63) is 246 Å². The Bertz CT molecular complexity index is 4980. The van der Waals surface area contributed by atoms with Crippen LogP contribution in [0.4, 0.5) is 45.8 Å². The Hall–Kier alpha value is -9.66. The van der Waals surface area contributed by atoms with E-state index < -0.39 is 0 Å². The quantitative estimate of drug-likeness (QED) is 0.150. The first kappa shape index (κ1) is 55.9. The van der Waals surface area contributed by atoms with Crippen LogP contribution < -0.4 is 14.7 Å². The van der Waals surface area contributed by atoms with Crippen LogP contribution in [0.3, 0.4) is 0 Å². The molecule has 0 fully saturated rings. The SMILES string of the molecule is Cc1c2oc3nc(N(c4ccccc4)c4ccc5c(c4)N(c4cc(C(C)(C)C)cc(C(C)(C)C)c4)C4C=CC=CC54)ccc3c2cc2c1oc1nc(N(c3ccccc3)c3ccc4c5ccccc5n(-c5cc(C(C)(C)C)cc(C(C)(C)C)c5)c4c3)ccc12. The van der Waals surface area contributed by atoms with Crippen LogP contribution in [0.25, 0.3) is 71.6 Å².